The Morgan fingerprint density at radius 1 is 1.33 bits per heavy atom. The highest BCUT2D eigenvalue weighted by Gasteiger charge is 2.51. The molecular weight excluding hydrogens is 230 g/mol. The maximum Gasteiger partial charge on any atom is 0.325 e. The van der Waals surface area contributed by atoms with Crippen LogP contribution in [0.25, 0.3) is 0 Å². The number of carbonyl (C=O) groups is 2. The molecule has 5 nitrogen and oxygen atoms in total. The van der Waals surface area contributed by atoms with Crippen molar-refractivity contribution in [2.75, 3.05) is 19.6 Å². The lowest BCUT2D eigenvalue weighted by atomic mass is 9.90. The van der Waals surface area contributed by atoms with E-state index in [2.05, 4.69) is 24.5 Å². The van der Waals surface area contributed by atoms with E-state index in [0.29, 0.717) is 19.0 Å². The third kappa shape index (κ3) is 2.23. The van der Waals surface area contributed by atoms with E-state index >= 15 is 0 Å². The van der Waals surface area contributed by atoms with E-state index in [4.69, 9.17) is 0 Å². The lowest BCUT2D eigenvalue weighted by Gasteiger charge is -2.31. The van der Waals surface area contributed by atoms with E-state index in [-0.39, 0.29) is 11.9 Å². The van der Waals surface area contributed by atoms with Crippen LogP contribution in [0.3, 0.4) is 0 Å². The van der Waals surface area contributed by atoms with Gasteiger partial charge in [0.25, 0.3) is 5.91 Å². The number of amides is 3. The Kier molecular flexibility index (Phi) is 3.90. The first-order valence-corrected chi connectivity index (χ1v) is 6.97. The molecule has 2 saturated heterocycles. The standard InChI is InChI=1S/C13H23N3O2/c1-3-10(4-2)8-16-11(17)13(15-12(16)18)6-5-7-14-9-13/h10,14H,3-9H2,1-2H3,(H,15,18). The second-order valence-corrected chi connectivity index (χ2v) is 5.39. The third-order valence-corrected chi connectivity index (χ3v) is 4.23. The Bertz CT molecular complexity index is 333. The van der Waals surface area contributed by atoms with Gasteiger partial charge in [-0.3, -0.25) is 9.69 Å². The van der Waals surface area contributed by atoms with Gasteiger partial charge in [-0.15, -0.1) is 0 Å². The van der Waals surface area contributed by atoms with E-state index in [1.807, 2.05) is 0 Å². The van der Waals surface area contributed by atoms with Gasteiger partial charge in [-0.1, -0.05) is 26.7 Å². The Morgan fingerprint density at radius 2 is 2.06 bits per heavy atom. The molecule has 0 radical (unpaired) electrons. The highest BCUT2D eigenvalue weighted by Crippen LogP contribution is 2.26. The minimum Gasteiger partial charge on any atom is -0.322 e. The Hall–Kier alpha value is -1.10. The fourth-order valence-corrected chi connectivity index (χ4v) is 2.84. The molecule has 1 spiro atoms. The summed E-state index contributed by atoms with van der Waals surface area (Å²) in [6.07, 6.45) is 3.69. The number of piperidine rings is 1. The highest BCUT2D eigenvalue weighted by molar-refractivity contribution is 6.07. The molecule has 2 heterocycles. The number of imide groups is 1. The van der Waals surface area contributed by atoms with Gasteiger partial charge in [0.2, 0.25) is 0 Å². The van der Waals surface area contributed by atoms with Crippen molar-refractivity contribution in [3.63, 3.8) is 0 Å². The van der Waals surface area contributed by atoms with Gasteiger partial charge in [0.15, 0.2) is 0 Å². The lowest BCUT2D eigenvalue weighted by molar-refractivity contribution is -0.132. The van der Waals surface area contributed by atoms with Crippen LogP contribution in [0.1, 0.15) is 39.5 Å². The minimum absolute atomic E-state index is 0.0356. The first kappa shape index (κ1) is 13.3. The van der Waals surface area contributed by atoms with Crippen molar-refractivity contribution in [3.8, 4) is 0 Å². The lowest BCUT2D eigenvalue weighted by Crippen LogP contribution is -2.57. The number of hydrogen-bond donors (Lipinski definition) is 2. The van der Waals surface area contributed by atoms with Crippen LogP contribution < -0.4 is 10.6 Å². The van der Waals surface area contributed by atoms with Crippen molar-refractivity contribution in [2.45, 2.75) is 45.1 Å². The van der Waals surface area contributed by atoms with E-state index in [1.54, 1.807) is 0 Å². The van der Waals surface area contributed by atoms with Gasteiger partial charge < -0.3 is 10.6 Å². The molecule has 0 aromatic carbocycles. The molecule has 2 aliphatic rings. The molecule has 0 bridgehead atoms. The molecular formula is C13H23N3O2. The summed E-state index contributed by atoms with van der Waals surface area (Å²) in [7, 11) is 0. The first-order chi connectivity index (χ1) is 8.63. The molecule has 3 amide bonds. The van der Waals surface area contributed by atoms with Crippen molar-refractivity contribution in [1.82, 2.24) is 15.5 Å². The summed E-state index contributed by atoms with van der Waals surface area (Å²) in [5, 5.41) is 6.11. The van der Waals surface area contributed by atoms with Crippen LogP contribution in [0.4, 0.5) is 4.79 Å². The van der Waals surface area contributed by atoms with Gasteiger partial charge in [-0.2, -0.15) is 0 Å². The molecule has 2 rings (SSSR count). The quantitative estimate of drug-likeness (QED) is 0.737. The van der Waals surface area contributed by atoms with Gasteiger partial charge in [0.05, 0.1) is 0 Å². The summed E-state index contributed by atoms with van der Waals surface area (Å²) < 4.78 is 0. The van der Waals surface area contributed by atoms with E-state index < -0.39 is 5.54 Å². The SMILES string of the molecule is CCC(CC)CN1C(=O)NC2(CCCNC2)C1=O. The molecule has 2 N–H and O–H groups in total. The normalized spacial score (nSPS) is 28.3. The second-order valence-electron chi connectivity index (χ2n) is 5.39. The maximum absolute atomic E-state index is 12.5. The molecule has 18 heavy (non-hydrogen) atoms. The van der Waals surface area contributed by atoms with Crippen LogP contribution in [0.2, 0.25) is 0 Å². The van der Waals surface area contributed by atoms with Crippen LogP contribution in [0.15, 0.2) is 0 Å². The van der Waals surface area contributed by atoms with Crippen molar-refractivity contribution < 1.29 is 9.59 Å². The summed E-state index contributed by atoms with van der Waals surface area (Å²) in [5.74, 6) is 0.373. The monoisotopic (exact) mass is 253 g/mol. The smallest absolute Gasteiger partial charge is 0.322 e. The first-order valence-electron chi connectivity index (χ1n) is 6.97. The Morgan fingerprint density at radius 3 is 2.61 bits per heavy atom. The van der Waals surface area contributed by atoms with Gasteiger partial charge in [0.1, 0.15) is 5.54 Å². The number of nitrogens with zero attached hydrogens (tertiary/aromatic N) is 1. The number of hydrogen-bond acceptors (Lipinski definition) is 3. The Balaban J connectivity index is 2.09. The maximum atomic E-state index is 12.5. The van der Waals surface area contributed by atoms with E-state index in [9.17, 15) is 9.59 Å². The highest BCUT2D eigenvalue weighted by atomic mass is 16.2. The zero-order chi connectivity index (χ0) is 13.2. The molecule has 2 aliphatic heterocycles. The fraction of sp³-hybridized carbons (Fsp3) is 0.846. The topological polar surface area (TPSA) is 61.4 Å². The number of rotatable bonds is 4. The molecule has 0 saturated carbocycles. The number of carbonyl (C=O) groups excluding carboxylic acids is 2. The van der Waals surface area contributed by atoms with Crippen LogP contribution >= 0.6 is 0 Å². The van der Waals surface area contributed by atoms with Gasteiger partial charge >= 0.3 is 6.03 Å². The molecule has 1 unspecified atom stereocenters. The molecule has 2 fully saturated rings. The van der Waals surface area contributed by atoms with E-state index in [0.717, 1.165) is 32.2 Å². The zero-order valence-electron chi connectivity index (χ0n) is 11.3. The van der Waals surface area contributed by atoms with Crippen molar-refractivity contribution in [3.05, 3.63) is 0 Å². The van der Waals surface area contributed by atoms with Crippen LogP contribution in [0, 0.1) is 5.92 Å². The van der Waals surface area contributed by atoms with Gasteiger partial charge in [-0.05, 0) is 25.3 Å². The minimum atomic E-state index is -0.665. The molecule has 1 atom stereocenters. The number of nitrogens with one attached hydrogen (secondary N) is 2. The van der Waals surface area contributed by atoms with E-state index in [1.165, 1.54) is 4.90 Å². The third-order valence-electron chi connectivity index (χ3n) is 4.23. The molecule has 102 valence electrons. The summed E-state index contributed by atoms with van der Waals surface area (Å²) in [5.41, 5.74) is -0.665. The fourth-order valence-electron chi connectivity index (χ4n) is 2.84. The largest absolute Gasteiger partial charge is 0.325 e. The predicted molar refractivity (Wildman–Crippen MR) is 69.2 cm³/mol. The van der Waals surface area contributed by atoms with Crippen LogP contribution in [-0.2, 0) is 4.79 Å². The zero-order valence-corrected chi connectivity index (χ0v) is 11.3. The summed E-state index contributed by atoms with van der Waals surface area (Å²) >= 11 is 0. The number of urea groups is 1. The molecule has 5 heteroatoms. The van der Waals surface area contributed by atoms with Crippen LogP contribution in [-0.4, -0.2) is 42.0 Å². The molecule has 0 aliphatic carbocycles. The summed E-state index contributed by atoms with van der Waals surface area (Å²) in [6, 6.07) is -0.212. The van der Waals surface area contributed by atoms with Gasteiger partial charge in [0, 0.05) is 13.1 Å². The van der Waals surface area contributed by atoms with Crippen molar-refractivity contribution >= 4 is 11.9 Å². The van der Waals surface area contributed by atoms with Gasteiger partial charge in [-0.25, -0.2) is 4.79 Å². The summed E-state index contributed by atoms with van der Waals surface area (Å²) in [6.45, 7) is 6.25. The molecule has 0 aromatic rings. The average Bonchev–Trinajstić information content (AvgIpc) is 2.60. The van der Waals surface area contributed by atoms with Crippen LogP contribution in [0.5, 0.6) is 0 Å². The second kappa shape index (κ2) is 5.26. The predicted octanol–water partition coefficient (Wildman–Crippen LogP) is 1.10. The van der Waals surface area contributed by atoms with Crippen molar-refractivity contribution in [2.24, 2.45) is 5.92 Å². The Labute approximate surface area is 108 Å². The molecule has 0 aromatic heterocycles. The summed E-state index contributed by atoms with van der Waals surface area (Å²) in [4.78, 5) is 25.9. The van der Waals surface area contributed by atoms with Crippen molar-refractivity contribution in [1.29, 1.82) is 0 Å². The average molecular weight is 253 g/mol.